The van der Waals surface area contributed by atoms with E-state index in [1.807, 2.05) is 0 Å². The van der Waals surface area contributed by atoms with Crippen LogP contribution in [0.3, 0.4) is 0 Å². The van der Waals surface area contributed by atoms with Crippen molar-refractivity contribution in [3.8, 4) is 0 Å². The molecule has 90 valence electrons. The van der Waals surface area contributed by atoms with Gasteiger partial charge in [-0.05, 0) is 12.8 Å². The van der Waals surface area contributed by atoms with Crippen molar-refractivity contribution in [3.63, 3.8) is 0 Å². The van der Waals surface area contributed by atoms with Crippen LogP contribution in [0.5, 0.6) is 0 Å². The first-order chi connectivity index (χ1) is 5.81. The first kappa shape index (κ1) is 20.0. The lowest BCUT2D eigenvalue weighted by Crippen LogP contribution is -2.17. The summed E-state index contributed by atoms with van der Waals surface area (Å²) in [7, 11) is 0. The predicted octanol–water partition coefficient (Wildman–Crippen LogP) is 4.32. The van der Waals surface area contributed by atoms with Crippen LogP contribution in [0.25, 0.3) is 0 Å². The van der Waals surface area contributed by atoms with Crippen LogP contribution in [0.4, 0.5) is 0 Å². The Morgan fingerprint density at radius 3 is 1.86 bits per heavy atom. The standard InChI is InChI=1S/C11H25N.2ClH/c1-3-5-6-7-8-9-10-11(12)4-2;;/h11H,3-10,12H2,1-2H3;2*1H. The third-order valence-corrected chi connectivity index (χ3v) is 2.45. The third-order valence-electron chi connectivity index (χ3n) is 2.45. The molecule has 0 aromatic heterocycles. The van der Waals surface area contributed by atoms with Crippen LogP contribution in [-0.4, -0.2) is 6.04 Å². The number of hydrogen-bond acceptors (Lipinski definition) is 1. The normalized spacial score (nSPS) is 11.4. The fraction of sp³-hybridized carbons (Fsp3) is 1.00. The zero-order chi connectivity index (χ0) is 9.23. The SMILES string of the molecule is CCCCCCCCC(N)CC.Cl.Cl. The molecule has 0 rings (SSSR count). The molecule has 0 saturated carbocycles. The van der Waals surface area contributed by atoms with Gasteiger partial charge < -0.3 is 5.73 Å². The zero-order valence-corrected chi connectivity index (χ0v) is 11.3. The van der Waals surface area contributed by atoms with Gasteiger partial charge in [-0.15, -0.1) is 24.8 Å². The summed E-state index contributed by atoms with van der Waals surface area (Å²) >= 11 is 0. The van der Waals surface area contributed by atoms with Crippen LogP contribution in [0, 0.1) is 0 Å². The topological polar surface area (TPSA) is 26.0 Å². The van der Waals surface area contributed by atoms with Gasteiger partial charge in [-0.3, -0.25) is 0 Å². The van der Waals surface area contributed by atoms with Crippen molar-refractivity contribution in [2.75, 3.05) is 0 Å². The molecule has 0 aromatic rings. The van der Waals surface area contributed by atoms with E-state index < -0.39 is 0 Å². The molecule has 3 heteroatoms. The van der Waals surface area contributed by atoms with E-state index in [0.717, 1.165) is 6.42 Å². The van der Waals surface area contributed by atoms with Gasteiger partial charge in [0.2, 0.25) is 0 Å². The van der Waals surface area contributed by atoms with E-state index in [4.69, 9.17) is 5.73 Å². The van der Waals surface area contributed by atoms with Crippen molar-refractivity contribution < 1.29 is 0 Å². The fourth-order valence-corrected chi connectivity index (χ4v) is 1.39. The lowest BCUT2D eigenvalue weighted by molar-refractivity contribution is 0.526. The third kappa shape index (κ3) is 15.0. The molecule has 0 aliphatic rings. The van der Waals surface area contributed by atoms with Gasteiger partial charge in [-0.2, -0.15) is 0 Å². The van der Waals surface area contributed by atoms with Crippen molar-refractivity contribution in [3.05, 3.63) is 0 Å². The first-order valence-electron chi connectivity index (χ1n) is 5.56. The number of halogens is 2. The molecule has 0 aliphatic heterocycles. The van der Waals surface area contributed by atoms with E-state index in [-0.39, 0.29) is 24.8 Å². The molecule has 0 saturated heterocycles. The molecule has 1 unspecified atom stereocenters. The highest BCUT2D eigenvalue weighted by Crippen LogP contribution is 2.08. The van der Waals surface area contributed by atoms with Gasteiger partial charge in [0.1, 0.15) is 0 Å². The van der Waals surface area contributed by atoms with E-state index in [1.54, 1.807) is 0 Å². The van der Waals surface area contributed by atoms with Gasteiger partial charge in [-0.1, -0.05) is 52.4 Å². The number of hydrogen-bond donors (Lipinski definition) is 1. The minimum atomic E-state index is 0. The molecule has 1 nitrogen and oxygen atoms in total. The Bertz CT molecular complexity index is 89.4. The Morgan fingerprint density at radius 2 is 1.36 bits per heavy atom. The second-order valence-corrected chi connectivity index (χ2v) is 3.72. The summed E-state index contributed by atoms with van der Waals surface area (Å²) in [5.74, 6) is 0. The zero-order valence-electron chi connectivity index (χ0n) is 9.63. The number of nitrogens with two attached hydrogens (primary N) is 1. The average molecular weight is 244 g/mol. The van der Waals surface area contributed by atoms with E-state index in [9.17, 15) is 0 Å². The molecule has 14 heavy (non-hydrogen) atoms. The highest BCUT2D eigenvalue weighted by molar-refractivity contribution is 5.85. The monoisotopic (exact) mass is 243 g/mol. The van der Waals surface area contributed by atoms with Crippen LogP contribution in [0.15, 0.2) is 0 Å². The van der Waals surface area contributed by atoms with Gasteiger partial charge in [0.15, 0.2) is 0 Å². The molecule has 0 aliphatic carbocycles. The maximum Gasteiger partial charge on any atom is 0.00362 e. The van der Waals surface area contributed by atoms with Gasteiger partial charge in [0.25, 0.3) is 0 Å². The minimum absolute atomic E-state index is 0. The molecule has 0 heterocycles. The minimum Gasteiger partial charge on any atom is -0.328 e. The molecule has 0 bridgehead atoms. The van der Waals surface area contributed by atoms with Gasteiger partial charge in [0.05, 0.1) is 0 Å². The van der Waals surface area contributed by atoms with Gasteiger partial charge >= 0.3 is 0 Å². The van der Waals surface area contributed by atoms with E-state index >= 15 is 0 Å². The highest BCUT2D eigenvalue weighted by atomic mass is 35.5. The highest BCUT2D eigenvalue weighted by Gasteiger charge is 1.97. The lowest BCUT2D eigenvalue weighted by Gasteiger charge is -2.07. The second-order valence-electron chi connectivity index (χ2n) is 3.72. The van der Waals surface area contributed by atoms with E-state index in [2.05, 4.69) is 13.8 Å². The summed E-state index contributed by atoms with van der Waals surface area (Å²) in [6, 6.07) is 0.455. The van der Waals surface area contributed by atoms with Crippen LogP contribution in [0.2, 0.25) is 0 Å². The molecule has 0 fully saturated rings. The molecular formula is C11H27Cl2N. The Hall–Kier alpha value is 0.540. The van der Waals surface area contributed by atoms with Crippen molar-refractivity contribution in [1.29, 1.82) is 0 Å². The quantitative estimate of drug-likeness (QED) is 0.632. The second kappa shape index (κ2) is 16.0. The number of rotatable bonds is 8. The Morgan fingerprint density at radius 1 is 0.857 bits per heavy atom. The summed E-state index contributed by atoms with van der Waals surface area (Å²) < 4.78 is 0. The van der Waals surface area contributed by atoms with E-state index in [0.29, 0.717) is 6.04 Å². The molecule has 0 amide bonds. The van der Waals surface area contributed by atoms with Gasteiger partial charge in [-0.25, -0.2) is 0 Å². The predicted molar refractivity (Wildman–Crippen MR) is 70.8 cm³/mol. The largest absolute Gasteiger partial charge is 0.328 e. The van der Waals surface area contributed by atoms with E-state index in [1.165, 1.54) is 44.9 Å². The Kier molecular flexibility index (Phi) is 22.9. The molecular weight excluding hydrogens is 217 g/mol. The maximum atomic E-state index is 5.81. The molecule has 0 radical (unpaired) electrons. The molecule has 0 aromatic carbocycles. The maximum absolute atomic E-state index is 5.81. The van der Waals surface area contributed by atoms with Crippen LogP contribution in [0.1, 0.15) is 65.2 Å². The van der Waals surface area contributed by atoms with Crippen molar-refractivity contribution in [2.45, 2.75) is 71.3 Å². The van der Waals surface area contributed by atoms with Crippen molar-refractivity contribution >= 4 is 24.8 Å². The van der Waals surface area contributed by atoms with Crippen molar-refractivity contribution in [1.82, 2.24) is 0 Å². The average Bonchev–Trinajstić information content (AvgIpc) is 2.10. The Balaban J connectivity index is -0.000000605. The van der Waals surface area contributed by atoms with Crippen molar-refractivity contribution in [2.24, 2.45) is 5.73 Å². The summed E-state index contributed by atoms with van der Waals surface area (Å²) in [6.07, 6.45) is 10.6. The smallest absolute Gasteiger partial charge is 0.00362 e. The summed E-state index contributed by atoms with van der Waals surface area (Å²) in [6.45, 7) is 4.43. The lowest BCUT2D eigenvalue weighted by atomic mass is 10.1. The number of unbranched alkanes of at least 4 members (excludes halogenated alkanes) is 5. The summed E-state index contributed by atoms with van der Waals surface area (Å²) in [4.78, 5) is 0. The van der Waals surface area contributed by atoms with Crippen LogP contribution in [-0.2, 0) is 0 Å². The van der Waals surface area contributed by atoms with Crippen LogP contribution < -0.4 is 5.73 Å². The Labute approximate surface area is 102 Å². The summed E-state index contributed by atoms with van der Waals surface area (Å²) in [5.41, 5.74) is 5.81. The van der Waals surface area contributed by atoms with Gasteiger partial charge in [0, 0.05) is 6.04 Å². The molecule has 2 N–H and O–H groups in total. The molecule has 1 atom stereocenters. The first-order valence-corrected chi connectivity index (χ1v) is 5.56. The summed E-state index contributed by atoms with van der Waals surface area (Å²) in [5, 5.41) is 0. The van der Waals surface area contributed by atoms with Crippen LogP contribution >= 0.6 is 24.8 Å². The fourth-order valence-electron chi connectivity index (χ4n) is 1.39. The molecule has 0 spiro atoms.